The van der Waals surface area contributed by atoms with E-state index in [0.717, 1.165) is 35.3 Å². The first-order valence-corrected chi connectivity index (χ1v) is 8.08. The molecule has 21 heavy (non-hydrogen) atoms. The largest absolute Gasteiger partial charge is 0.380 e. The lowest BCUT2D eigenvalue weighted by atomic mass is 10.1. The third-order valence-corrected chi connectivity index (χ3v) is 4.60. The van der Waals surface area contributed by atoms with E-state index < -0.39 is 0 Å². The van der Waals surface area contributed by atoms with Gasteiger partial charge in [-0.05, 0) is 36.0 Å². The molecule has 1 heterocycles. The number of nitrogens with zero attached hydrogens (tertiary/aromatic N) is 1. The van der Waals surface area contributed by atoms with Crippen LogP contribution in [-0.2, 0) is 11.2 Å². The molecule has 2 nitrogen and oxygen atoms in total. The molecule has 0 aliphatic carbocycles. The van der Waals surface area contributed by atoms with Crippen molar-refractivity contribution in [1.29, 1.82) is 0 Å². The first kappa shape index (κ1) is 18.4. The van der Waals surface area contributed by atoms with Crippen molar-refractivity contribution in [2.45, 2.75) is 20.3 Å². The smallest absolute Gasteiger partial charge is 0.127 e. The zero-order valence-corrected chi connectivity index (χ0v) is 14.2. The van der Waals surface area contributed by atoms with Crippen molar-refractivity contribution in [2.24, 2.45) is 0 Å². The number of likely N-dealkylation sites (N-methyl/N-ethyl adjacent to an activating group) is 1. The molecule has 0 bridgehead atoms. The molecule has 5 heteroatoms. The summed E-state index contributed by atoms with van der Waals surface area (Å²) >= 11 is 1.60. The Morgan fingerprint density at radius 1 is 1.14 bits per heavy atom. The Bertz CT molecular complexity index is 542. The van der Waals surface area contributed by atoms with Crippen molar-refractivity contribution in [3.05, 3.63) is 35.0 Å². The summed E-state index contributed by atoms with van der Waals surface area (Å²) < 4.78 is 20.6. The minimum atomic E-state index is -0.118. The van der Waals surface area contributed by atoms with Gasteiger partial charge < -0.3 is 9.64 Å². The molecule has 0 radical (unpaired) electrons. The van der Waals surface area contributed by atoms with Crippen LogP contribution in [0.2, 0.25) is 0 Å². The Hall–Kier alpha value is -0.680. The van der Waals surface area contributed by atoms with E-state index in [1.165, 1.54) is 0 Å². The second-order valence-electron chi connectivity index (χ2n) is 4.75. The zero-order valence-electron chi connectivity index (χ0n) is 12.6. The Morgan fingerprint density at radius 3 is 2.62 bits per heavy atom. The quantitative estimate of drug-likeness (QED) is 0.666. The molecular weight excluding hydrogens is 309 g/mol. The molecule has 0 aliphatic heterocycles. The molecule has 0 saturated heterocycles. The van der Waals surface area contributed by atoms with Crippen molar-refractivity contribution >= 4 is 33.8 Å². The predicted octanol–water partition coefficient (Wildman–Crippen LogP) is 4.36. The summed E-state index contributed by atoms with van der Waals surface area (Å²) in [5.74, 6) is -0.118. The average molecular weight is 332 g/mol. The minimum Gasteiger partial charge on any atom is -0.380 e. The molecule has 0 aliphatic rings. The van der Waals surface area contributed by atoms with Gasteiger partial charge in [-0.3, -0.25) is 0 Å². The third-order valence-electron chi connectivity index (χ3n) is 3.61. The van der Waals surface area contributed by atoms with Gasteiger partial charge in [-0.25, -0.2) is 4.39 Å². The van der Waals surface area contributed by atoms with Gasteiger partial charge in [0, 0.05) is 23.2 Å². The SMILES string of the molecule is CCN(CC)CCOCCc1c(F)ccc2ccsc12.Cl. The van der Waals surface area contributed by atoms with Gasteiger partial charge in [0.2, 0.25) is 0 Å². The summed E-state index contributed by atoms with van der Waals surface area (Å²) in [7, 11) is 0. The molecular formula is C16H23ClFNOS. The molecule has 0 atom stereocenters. The summed E-state index contributed by atoms with van der Waals surface area (Å²) in [6.07, 6.45) is 0.641. The molecule has 0 fully saturated rings. The second-order valence-corrected chi connectivity index (χ2v) is 5.67. The van der Waals surface area contributed by atoms with Gasteiger partial charge >= 0.3 is 0 Å². The first-order chi connectivity index (χ1) is 9.76. The molecule has 1 aromatic carbocycles. The fourth-order valence-corrected chi connectivity index (χ4v) is 3.28. The lowest BCUT2D eigenvalue weighted by Crippen LogP contribution is -2.27. The number of rotatable bonds is 8. The van der Waals surface area contributed by atoms with Crippen LogP contribution >= 0.6 is 23.7 Å². The standard InChI is InChI=1S/C16H22FNOS.ClH/c1-3-18(4-2)9-11-19-10-7-14-15(17)6-5-13-8-12-20-16(13)14;/h5-6,8,12H,3-4,7,9-11H2,1-2H3;1H. The number of halogens is 2. The van der Waals surface area contributed by atoms with Gasteiger partial charge in [0.15, 0.2) is 0 Å². The van der Waals surface area contributed by atoms with E-state index in [-0.39, 0.29) is 18.2 Å². The molecule has 0 unspecified atom stereocenters. The van der Waals surface area contributed by atoms with Gasteiger partial charge in [-0.1, -0.05) is 19.9 Å². The third kappa shape index (κ3) is 4.92. The van der Waals surface area contributed by atoms with E-state index in [1.807, 2.05) is 17.5 Å². The van der Waals surface area contributed by atoms with Gasteiger partial charge in [0.1, 0.15) is 5.82 Å². The second kappa shape index (κ2) is 9.36. The van der Waals surface area contributed by atoms with Crippen molar-refractivity contribution in [2.75, 3.05) is 32.8 Å². The van der Waals surface area contributed by atoms with Crippen LogP contribution in [0, 0.1) is 5.82 Å². The van der Waals surface area contributed by atoms with Crippen LogP contribution in [0.1, 0.15) is 19.4 Å². The summed E-state index contributed by atoms with van der Waals surface area (Å²) in [5, 5.41) is 3.13. The topological polar surface area (TPSA) is 12.5 Å². The number of thiophene rings is 1. The average Bonchev–Trinajstić information content (AvgIpc) is 2.93. The van der Waals surface area contributed by atoms with E-state index in [0.29, 0.717) is 19.6 Å². The molecule has 2 rings (SSSR count). The number of hydrogen-bond acceptors (Lipinski definition) is 3. The van der Waals surface area contributed by atoms with Crippen LogP contribution < -0.4 is 0 Å². The van der Waals surface area contributed by atoms with Crippen molar-refractivity contribution < 1.29 is 9.13 Å². The van der Waals surface area contributed by atoms with Gasteiger partial charge in [0.05, 0.1) is 13.2 Å². The van der Waals surface area contributed by atoms with Gasteiger partial charge in [-0.2, -0.15) is 0 Å². The summed E-state index contributed by atoms with van der Waals surface area (Å²) in [4.78, 5) is 2.32. The van der Waals surface area contributed by atoms with E-state index in [1.54, 1.807) is 17.4 Å². The highest BCUT2D eigenvalue weighted by Gasteiger charge is 2.08. The Labute approximate surface area is 136 Å². The minimum absolute atomic E-state index is 0. The molecule has 1 aromatic heterocycles. The number of ether oxygens (including phenoxy) is 1. The maximum Gasteiger partial charge on any atom is 0.127 e. The van der Waals surface area contributed by atoms with Crippen LogP contribution in [-0.4, -0.2) is 37.7 Å². The van der Waals surface area contributed by atoms with Crippen LogP contribution in [0.5, 0.6) is 0 Å². The number of fused-ring (bicyclic) bond motifs is 1. The van der Waals surface area contributed by atoms with Crippen LogP contribution in [0.15, 0.2) is 23.6 Å². The molecule has 0 saturated carbocycles. The lowest BCUT2D eigenvalue weighted by Gasteiger charge is -2.17. The van der Waals surface area contributed by atoms with E-state index >= 15 is 0 Å². The maximum absolute atomic E-state index is 13.9. The van der Waals surface area contributed by atoms with Gasteiger partial charge in [0.25, 0.3) is 0 Å². The van der Waals surface area contributed by atoms with E-state index in [2.05, 4.69) is 18.7 Å². The highest BCUT2D eigenvalue weighted by molar-refractivity contribution is 7.17. The van der Waals surface area contributed by atoms with Crippen LogP contribution in [0.25, 0.3) is 10.1 Å². The molecule has 118 valence electrons. The van der Waals surface area contributed by atoms with Crippen molar-refractivity contribution in [3.63, 3.8) is 0 Å². The van der Waals surface area contributed by atoms with E-state index in [9.17, 15) is 4.39 Å². The normalized spacial score (nSPS) is 11.0. The summed E-state index contributed by atoms with van der Waals surface area (Å²) in [6, 6.07) is 5.43. The maximum atomic E-state index is 13.9. The van der Waals surface area contributed by atoms with Gasteiger partial charge in [-0.15, -0.1) is 23.7 Å². The summed E-state index contributed by atoms with van der Waals surface area (Å²) in [5.41, 5.74) is 0.792. The van der Waals surface area contributed by atoms with Crippen molar-refractivity contribution in [3.8, 4) is 0 Å². The number of benzene rings is 1. The number of hydrogen-bond donors (Lipinski definition) is 0. The fraction of sp³-hybridized carbons (Fsp3) is 0.500. The Balaban J connectivity index is 0.00000220. The summed E-state index contributed by atoms with van der Waals surface area (Å²) in [6.45, 7) is 8.62. The van der Waals surface area contributed by atoms with E-state index in [4.69, 9.17) is 4.74 Å². The lowest BCUT2D eigenvalue weighted by molar-refractivity contribution is 0.109. The molecule has 2 aromatic rings. The molecule has 0 N–H and O–H groups in total. The molecule has 0 spiro atoms. The Morgan fingerprint density at radius 2 is 1.90 bits per heavy atom. The Kier molecular flexibility index (Phi) is 8.19. The monoisotopic (exact) mass is 331 g/mol. The fourth-order valence-electron chi connectivity index (χ4n) is 2.31. The van der Waals surface area contributed by atoms with Crippen LogP contribution in [0.4, 0.5) is 4.39 Å². The molecule has 0 amide bonds. The highest BCUT2D eigenvalue weighted by atomic mass is 35.5. The van der Waals surface area contributed by atoms with Crippen molar-refractivity contribution in [1.82, 2.24) is 4.90 Å². The predicted molar refractivity (Wildman–Crippen MR) is 91.3 cm³/mol. The zero-order chi connectivity index (χ0) is 14.4. The highest BCUT2D eigenvalue weighted by Crippen LogP contribution is 2.27. The first-order valence-electron chi connectivity index (χ1n) is 7.21. The van der Waals surface area contributed by atoms with Crippen LogP contribution in [0.3, 0.4) is 0 Å².